The second-order valence-corrected chi connectivity index (χ2v) is 3.65. The first kappa shape index (κ1) is 12.4. The summed E-state index contributed by atoms with van der Waals surface area (Å²) in [5.41, 5.74) is 0.974. The van der Waals surface area contributed by atoms with Gasteiger partial charge in [-0.25, -0.2) is 0 Å². The molecule has 1 rings (SSSR count). The highest BCUT2D eigenvalue weighted by molar-refractivity contribution is 5.42. The van der Waals surface area contributed by atoms with Crippen molar-refractivity contribution in [2.45, 2.75) is 20.0 Å². The molecule has 1 unspecified atom stereocenters. The molecule has 0 heterocycles. The average molecular weight is 222 g/mol. The Bertz CT molecular complexity index is 349. The van der Waals surface area contributed by atoms with Gasteiger partial charge in [0.2, 0.25) is 0 Å². The zero-order valence-corrected chi connectivity index (χ0v) is 10.2. The molecule has 0 spiro atoms. The molecule has 0 fully saturated rings. The van der Waals surface area contributed by atoms with Crippen molar-refractivity contribution in [1.82, 2.24) is 0 Å². The molecule has 0 saturated heterocycles. The number of benzene rings is 1. The number of hydrogen-bond donors (Lipinski definition) is 0. The fourth-order valence-corrected chi connectivity index (χ4v) is 1.15. The molecule has 1 aromatic carbocycles. The molecule has 1 aromatic rings. The molecule has 3 heteroatoms. The fraction of sp³-hybridized carbons (Fsp3) is 0.385. The van der Waals surface area contributed by atoms with Crippen LogP contribution < -0.4 is 14.2 Å². The van der Waals surface area contributed by atoms with E-state index in [1.807, 2.05) is 26.0 Å². The maximum absolute atomic E-state index is 5.70. The van der Waals surface area contributed by atoms with Crippen molar-refractivity contribution >= 4 is 0 Å². The van der Waals surface area contributed by atoms with E-state index in [-0.39, 0.29) is 6.10 Å². The van der Waals surface area contributed by atoms with Crippen molar-refractivity contribution in [2.24, 2.45) is 0 Å². The van der Waals surface area contributed by atoms with E-state index in [0.717, 1.165) is 5.57 Å². The third-order valence-electron chi connectivity index (χ3n) is 2.33. The van der Waals surface area contributed by atoms with Crippen LogP contribution in [0.3, 0.4) is 0 Å². The van der Waals surface area contributed by atoms with Gasteiger partial charge in [-0.05, 0) is 19.4 Å². The Morgan fingerprint density at radius 1 is 1.06 bits per heavy atom. The molecule has 0 radical (unpaired) electrons. The second-order valence-electron chi connectivity index (χ2n) is 3.65. The molecular weight excluding hydrogens is 204 g/mol. The van der Waals surface area contributed by atoms with Gasteiger partial charge in [-0.3, -0.25) is 0 Å². The summed E-state index contributed by atoms with van der Waals surface area (Å²) in [5.74, 6) is 2.14. The van der Waals surface area contributed by atoms with Crippen molar-refractivity contribution < 1.29 is 14.2 Å². The van der Waals surface area contributed by atoms with Crippen molar-refractivity contribution in [1.29, 1.82) is 0 Å². The topological polar surface area (TPSA) is 27.7 Å². The van der Waals surface area contributed by atoms with E-state index in [1.54, 1.807) is 20.3 Å². The van der Waals surface area contributed by atoms with E-state index >= 15 is 0 Å². The van der Waals surface area contributed by atoms with Gasteiger partial charge in [0.1, 0.15) is 23.4 Å². The first-order valence-electron chi connectivity index (χ1n) is 5.12. The molecule has 0 aliphatic carbocycles. The Hall–Kier alpha value is -1.64. The summed E-state index contributed by atoms with van der Waals surface area (Å²) in [5, 5.41) is 0. The molecular formula is C13H18O3. The summed E-state index contributed by atoms with van der Waals surface area (Å²) in [6.07, 6.45) is -0.0307. The van der Waals surface area contributed by atoms with Crippen molar-refractivity contribution in [3.8, 4) is 17.2 Å². The van der Waals surface area contributed by atoms with Crippen molar-refractivity contribution in [3.63, 3.8) is 0 Å². The lowest BCUT2D eigenvalue weighted by Crippen LogP contribution is -2.12. The van der Waals surface area contributed by atoms with E-state index < -0.39 is 0 Å². The highest BCUT2D eigenvalue weighted by Crippen LogP contribution is 2.28. The molecule has 0 amide bonds. The lowest BCUT2D eigenvalue weighted by atomic mass is 10.2. The quantitative estimate of drug-likeness (QED) is 0.717. The second kappa shape index (κ2) is 5.45. The Morgan fingerprint density at radius 3 is 1.88 bits per heavy atom. The minimum Gasteiger partial charge on any atom is -0.496 e. The van der Waals surface area contributed by atoms with Crippen LogP contribution in [0.5, 0.6) is 17.2 Å². The van der Waals surface area contributed by atoms with Gasteiger partial charge in [0, 0.05) is 18.2 Å². The van der Waals surface area contributed by atoms with Gasteiger partial charge in [-0.2, -0.15) is 0 Å². The molecule has 1 atom stereocenters. The van der Waals surface area contributed by atoms with Crippen LogP contribution in [0.15, 0.2) is 30.4 Å². The normalized spacial score (nSPS) is 11.8. The van der Waals surface area contributed by atoms with Gasteiger partial charge in [0.25, 0.3) is 0 Å². The van der Waals surface area contributed by atoms with Crippen molar-refractivity contribution in [2.75, 3.05) is 14.2 Å². The van der Waals surface area contributed by atoms with E-state index in [2.05, 4.69) is 6.58 Å². The highest BCUT2D eigenvalue weighted by Gasteiger charge is 2.07. The third-order valence-corrected chi connectivity index (χ3v) is 2.33. The predicted octanol–water partition coefficient (Wildman–Crippen LogP) is 3.05. The maximum atomic E-state index is 5.70. The van der Waals surface area contributed by atoms with Gasteiger partial charge in [0.15, 0.2) is 0 Å². The molecule has 0 bridgehead atoms. The molecule has 0 aliphatic heterocycles. The summed E-state index contributed by atoms with van der Waals surface area (Å²) in [7, 11) is 3.22. The van der Waals surface area contributed by atoms with Crippen LogP contribution >= 0.6 is 0 Å². The fourth-order valence-electron chi connectivity index (χ4n) is 1.15. The predicted molar refractivity (Wildman–Crippen MR) is 64.5 cm³/mol. The van der Waals surface area contributed by atoms with Crippen LogP contribution in [0, 0.1) is 0 Å². The molecule has 88 valence electrons. The monoisotopic (exact) mass is 222 g/mol. The molecule has 0 aromatic heterocycles. The first-order chi connectivity index (χ1) is 7.56. The highest BCUT2D eigenvalue weighted by atomic mass is 16.5. The summed E-state index contributed by atoms with van der Waals surface area (Å²) < 4.78 is 16.0. The SMILES string of the molecule is C=C(C)C(C)Oc1cc(OC)cc(OC)c1. The molecule has 0 N–H and O–H groups in total. The number of rotatable bonds is 5. The molecule has 3 nitrogen and oxygen atoms in total. The van der Waals surface area contributed by atoms with Crippen LogP contribution in [0.4, 0.5) is 0 Å². The summed E-state index contributed by atoms with van der Waals surface area (Å²) >= 11 is 0. The van der Waals surface area contributed by atoms with Crippen LogP contribution in [0.2, 0.25) is 0 Å². The minimum atomic E-state index is -0.0307. The third kappa shape index (κ3) is 3.19. The maximum Gasteiger partial charge on any atom is 0.127 e. The molecule has 0 aliphatic rings. The molecule has 16 heavy (non-hydrogen) atoms. The smallest absolute Gasteiger partial charge is 0.127 e. The summed E-state index contributed by atoms with van der Waals surface area (Å²) in [4.78, 5) is 0. The Morgan fingerprint density at radius 2 is 1.50 bits per heavy atom. The van der Waals surface area contributed by atoms with Gasteiger partial charge < -0.3 is 14.2 Å². The zero-order valence-electron chi connectivity index (χ0n) is 10.2. The number of hydrogen-bond acceptors (Lipinski definition) is 3. The van der Waals surface area contributed by atoms with E-state index in [1.165, 1.54) is 0 Å². The van der Waals surface area contributed by atoms with Crippen molar-refractivity contribution in [3.05, 3.63) is 30.4 Å². The van der Waals surface area contributed by atoms with Gasteiger partial charge in [0.05, 0.1) is 14.2 Å². The van der Waals surface area contributed by atoms with Crippen LogP contribution in [0.25, 0.3) is 0 Å². The van der Waals surface area contributed by atoms with Crippen LogP contribution in [-0.4, -0.2) is 20.3 Å². The summed E-state index contributed by atoms with van der Waals surface area (Å²) in [6.45, 7) is 7.73. The van der Waals surface area contributed by atoms with E-state index in [9.17, 15) is 0 Å². The van der Waals surface area contributed by atoms with Gasteiger partial charge >= 0.3 is 0 Å². The first-order valence-corrected chi connectivity index (χ1v) is 5.12. The molecule has 0 saturated carbocycles. The Labute approximate surface area is 96.6 Å². The Balaban J connectivity index is 2.90. The van der Waals surface area contributed by atoms with E-state index in [0.29, 0.717) is 17.2 Å². The zero-order chi connectivity index (χ0) is 12.1. The summed E-state index contributed by atoms with van der Waals surface area (Å²) in [6, 6.07) is 5.45. The van der Waals surface area contributed by atoms with Crippen LogP contribution in [-0.2, 0) is 0 Å². The minimum absolute atomic E-state index is 0.0307. The largest absolute Gasteiger partial charge is 0.496 e. The Kier molecular flexibility index (Phi) is 4.23. The number of ether oxygens (including phenoxy) is 3. The van der Waals surface area contributed by atoms with E-state index in [4.69, 9.17) is 14.2 Å². The average Bonchev–Trinajstić information content (AvgIpc) is 2.28. The standard InChI is InChI=1S/C13H18O3/c1-9(2)10(3)16-13-7-11(14-4)6-12(8-13)15-5/h6-8,10H,1H2,2-5H3. The van der Waals surface area contributed by atoms with Gasteiger partial charge in [-0.15, -0.1) is 0 Å². The lowest BCUT2D eigenvalue weighted by Gasteiger charge is -2.16. The number of methoxy groups -OCH3 is 2. The lowest BCUT2D eigenvalue weighted by molar-refractivity contribution is 0.255. The van der Waals surface area contributed by atoms with Gasteiger partial charge in [-0.1, -0.05) is 6.58 Å². The van der Waals surface area contributed by atoms with Crippen LogP contribution in [0.1, 0.15) is 13.8 Å².